The summed E-state index contributed by atoms with van der Waals surface area (Å²) in [5.74, 6) is -3.81. The van der Waals surface area contributed by atoms with E-state index in [2.05, 4.69) is 0 Å². The molecule has 3 fully saturated rings. The van der Waals surface area contributed by atoms with Crippen LogP contribution in [0.4, 0.5) is 8.78 Å². The standard InChI is InChI=1S/C27H34F2O6S/c1-6-23(34)35-27(22(33)13-36-15(3)30)14(2)9-17-18-11-20(28)19-10-16(31)7-8-24(19,4)26(18,29)21(32)12-25(17,27)5/h7-8,10,14,17-18,20-21,32H,6,9,11-13H2,1-5H3/t14?,17-,18-,20?,21?,24-,25-,26-,27-/m0/s1. The molecular weight excluding hydrogens is 490 g/mol. The molecule has 0 bridgehead atoms. The highest BCUT2D eigenvalue weighted by Gasteiger charge is 2.78. The van der Waals surface area contributed by atoms with Crippen LogP contribution in [0.5, 0.6) is 0 Å². The highest BCUT2D eigenvalue weighted by molar-refractivity contribution is 8.14. The molecule has 0 spiro atoms. The van der Waals surface area contributed by atoms with Crippen molar-refractivity contribution in [1.29, 1.82) is 0 Å². The Morgan fingerprint density at radius 1 is 1.22 bits per heavy atom. The van der Waals surface area contributed by atoms with Crippen molar-refractivity contribution in [2.24, 2.45) is 28.6 Å². The highest BCUT2D eigenvalue weighted by atomic mass is 32.2. The zero-order valence-electron chi connectivity index (χ0n) is 21.3. The van der Waals surface area contributed by atoms with Gasteiger partial charge in [0.15, 0.2) is 28.0 Å². The number of ketones is 2. The first-order valence-corrected chi connectivity index (χ1v) is 13.5. The summed E-state index contributed by atoms with van der Waals surface area (Å²) in [7, 11) is 0. The summed E-state index contributed by atoms with van der Waals surface area (Å²) in [6.07, 6.45) is 0.370. The Hall–Kier alpha value is -1.87. The molecule has 0 saturated heterocycles. The normalized spacial score (nSPS) is 45.3. The summed E-state index contributed by atoms with van der Waals surface area (Å²) >= 11 is 0.812. The Balaban J connectivity index is 1.85. The molecule has 0 aromatic heterocycles. The third-order valence-corrected chi connectivity index (χ3v) is 10.4. The van der Waals surface area contributed by atoms with Crippen LogP contribution in [0, 0.1) is 28.6 Å². The Morgan fingerprint density at radius 2 is 1.89 bits per heavy atom. The van der Waals surface area contributed by atoms with Crippen LogP contribution in [0.1, 0.15) is 60.3 Å². The molecule has 9 atom stereocenters. The number of esters is 1. The number of hydrogen-bond donors (Lipinski definition) is 1. The predicted octanol–water partition coefficient (Wildman–Crippen LogP) is 4.09. The maximum atomic E-state index is 17.3. The topological polar surface area (TPSA) is 97.7 Å². The smallest absolute Gasteiger partial charge is 0.306 e. The zero-order valence-corrected chi connectivity index (χ0v) is 22.1. The molecule has 0 aliphatic heterocycles. The van der Waals surface area contributed by atoms with E-state index < -0.39 is 69.7 Å². The van der Waals surface area contributed by atoms with Crippen molar-refractivity contribution in [2.45, 2.75) is 83.8 Å². The number of carbonyl (C=O) groups is 4. The molecule has 0 aromatic rings. The van der Waals surface area contributed by atoms with Crippen LogP contribution in [-0.2, 0) is 23.9 Å². The fraction of sp³-hybridized carbons (Fsp3) is 0.704. The van der Waals surface area contributed by atoms with Crippen LogP contribution in [0.25, 0.3) is 0 Å². The van der Waals surface area contributed by atoms with Gasteiger partial charge in [-0.2, -0.15) is 0 Å². The number of Topliss-reactive ketones (excluding diaryl/α,β-unsaturated/α-hetero) is 1. The molecule has 0 amide bonds. The maximum absolute atomic E-state index is 17.3. The van der Waals surface area contributed by atoms with Crippen LogP contribution in [0.2, 0.25) is 0 Å². The second kappa shape index (κ2) is 8.86. The first-order chi connectivity index (χ1) is 16.7. The van der Waals surface area contributed by atoms with Crippen molar-refractivity contribution < 1.29 is 37.8 Å². The number of fused-ring (bicyclic) bond motifs is 5. The molecule has 4 aliphatic rings. The molecule has 6 nitrogen and oxygen atoms in total. The van der Waals surface area contributed by atoms with E-state index in [0.717, 1.165) is 17.8 Å². The van der Waals surface area contributed by atoms with Crippen molar-refractivity contribution in [3.8, 4) is 0 Å². The van der Waals surface area contributed by atoms with Gasteiger partial charge in [-0.05, 0) is 49.8 Å². The summed E-state index contributed by atoms with van der Waals surface area (Å²) in [5, 5.41) is 11.2. The number of ether oxygens (including phenoxy) is 1. The lowest BCUT2D eigenvalue weighted by molar-refractivity contribution is -0.230. The van der Waals surface area contributed by atoms with Gasteiger partial charge in [-0.25, -0.2) is 8.78 Å². The van der Waals surface area contributed by atoms with Gasteiger partial charge in [0.1, 0.15) is 6.17 Å². The number of alkyl halides is 2. The van der Waals surface area contributed by atoms with E-state index >= 15 is 8.78 Å². The van der Waals surface area contributed by atoms with Crippen LogP contribution >= 0.6 is 11.8 Å². The lowest BCUT2D eigenvalue weighted by Gasteiger charge is -2.63. The fourth-order valence-corrected chi connectivity index (χ4v) is 8.47. The van der Waals surface area contributed by atoms with Gasteiger partial charge in [0.25, 0.3) is 0 Å². The minimum atomic E-state index is -2.29. The quantitative estimate of drug-likeness (QED) is 0.541. The minimum Gasteiger partial charge on any atom is -0.450 e. The summed E-state index contributed by atoms with van der Waals surface area (Å²) in [4.78, 5) is 50.0. The molecule has 4 rings (SSSR count). The Morgan fingerprint density at radius 3 is 2.50 bits per heavy atom. The second-order valence-electron chi connectivity index (χ2n) is 11.3. The van der Waals surface area contributed by atoms with E-state index in [1.54, 1.807) is 20.8 Å². The molecule has 36 heavy (non-hydrogen) atoms. The average Bonchev–Trinajstić information content (AvgIpc) is 3.02. The van der Waals surface area contributed by atoms with Crippen LogP contribution < -0.4 is 0 Å². The SMILES string of the molecule is CCC(=O)O[C@]1(C(=O)CSC(C)=O)C(C)C[C@H]2[C@@H]3CC(F)C4=CC(=O)C=C[C@]4(C)[C@@]3(F)C(O)C[C@@]21C. The average molecular weight is 525 g/mol. The van der Waals surface area contributed by atoms with Gasteiger partial charge >= 0.3 is 5.97 Å². The number of carbonyl (C=O) groups excluding carboxylic acids is 4. The van der Waals surface area contributed by atoms with Gasteiger partial charge < -0.3 is 9.84 Å². The maximum Gasteiger partial charge on any atom is 0.306 e. The molecule has 3 saturated carbocycles. The Bertz CT molecular complexity index is 1070. The summed E-state index contributed by atoms with van der Waals surface area (Å²) < 4.78 is 38.9. The van der Waals surface area contributed by atoms with Crippen molar-refractivity contribution >= 4 is 34.4 Å². The molecule has 198 valence electrons. The summed E-state index contributed by atoms with van der Waals surface area (Å²) in [5.41, 5.74) is -6.66. The van der Waals surface area contributed by atoms with E-state index in [9.17, 15) is 24.3 Å². The molecule has 0 radical (unpaired) electrons. The van der Waals surface area contributed by atoms with Crippen LogP contribution in [0.3, 0.4) is 0 Å². The summed E-state index contributed by atoms with van der Waals surface area (Å²) in [6.45, 7) is 7.95. The van der Waals surface area contributed by atoms with Crippen molar-refractivity contribution in [1.82, 2.24) is 0 Å². The first-order valence-electron chi connectivity index (χ1n) is 12.5. The monoisotopic (exact) mass is 524 g/mol. The van der Waals surface area contributed by atoms with Crippen LogP contribution in [-0.4, -0.2) is 57.1 Å². The lowest BCUT2D eigenvalue weighted by atomic mass is 9.44. The van der Waals surface area contributed by atoms with Gasteiger partial charge in [0.2, 0.25) is 0 Å². The second-order valence-corrected chi connectivity index (χ2v) is 12.4. The lowest BCUT2D eigenvalue weighted by Crippen LogP contribution is -2.71. The number of aliphatic hydroxyl groups excluding tert-OH is 1. The van der Waals surface area contributed by atoms with E-state index in [1.807, 2.05) is 0 Å². The van der Waals surface area contributed by atoms with E-state index in [0.29, 0.717) is 0 Å². The van der Waals surface area contributed by atoms with Gasteiger partial charge in [0.05, 0.1) is 11.9 Å². The number of hydrogen-bond acceptors (Lipinski definition) is 7. The number of thioether (sulfide) groups is 1. The van der Waals surface area contributed by atoms with Gasteiger partial charge in [-0.15, -0.1) is 0 Å². The number of halogens is 2. The van der Waals surface area contributed by atoms with Crippen molar-refractivity contribution in [3.05, 3.63) is 23.8 Å². The Labute approximate surface area is 214 Å². The van der Waals surface area contributed by atoms with Gasteiger partial charge in [-0.3, -0.25) is 19.2 Å². The van der Waals surface area contributed by atoms with E-state index in [-0.39, 0.29) is 42.1 Å². The molecule has 4 aliphatic carbocycles. The van der Waals surface area contributed by atoms with E-state index in [4.69, 9.17) is 4.74 Å². The third kappa shape index (κ3) is 3.44. The molecule has 3 unspecified atom stereocenters. The predicted molar refractivity (Wildman–Crippen MR) is 130 cm³/mol. The first kappa shape index (κ1) is 27.2. The molecule has 1 N–H and O–H groups in total. The van der Waals surface area contributed by atoms with Gasteiger partial charge in [0, 0.05) is 36.0 Å². The van der Waals surface area contributed by atoms with Crippen molar-refractivity contribution in [3.63, 3.8) is 0 Å². The number of aliphatic hydroxyl groups is 1. The molecule has 0 heterocycles. The van der Waals surface area contributed by atoms with Gasteiger partial charge in [-0.1, -0.05) is 38.6 Å². The largest absolute Gasteiger partial charge is 0.450 e. The molecule has 9 heteroatoms. The molecule has 0 aromatic carbocycles. The Kier molecular flexibility index (Phi) is 6.69. The summed E-state index contributed by atoms with van der Waals surface area (Å²) in [6, 6.07) is 0. The number of rotatable bonds is 5. The van der Waals surface area contributed by atoms with E-state index in [1.165, 1.54) is 26.0 Å². The number of allylic oxidation sites excluding steroid dienone is 4. The third-order valence-electron chi connectivity index (χ3n) is 9.55. The van der Waals surface area contributed by atoms with Crippen molar-refractivity contribution in [2.75, 3.05) is 5.75 Å². The fourth-order valence-electron chi connectivity index (χ4n) is 7.92. The minimum absolute atomic E-state index is 0.0129. The zero-order chi connectivity index (χ0) is 26.8. The highest BCUT2D eigenvalue weighted by Crippen LogP contribution is 2.71. The molecular formula is C27H34F2O6S. The van der Waals surface area contributed by atoms with Crippen LogP contribution in [0.15, 0.2) is 23.8 Å².